The topological polar surface area (TPSA) is 49.4 Å². The van der Waals surface area contributed by atoms with Crippen molar-refractivity contribution in [2.45, 2.75) is 57.0 Å². The third-order valence-corrected chi connectivity index (χ3v) is 7.39. The zero-order chi connectivity index (χ0) is 25.8. The average Bonchev–Trinajstić information content (AvgIpc) is 2.89. The summed E-state index contributed by atoms with van der Waals surface area (Å²) in [6.45, 7) is 5.03. The molecule has 1 unspecified atom stereocenters. The van der Waals surface area contributed by atoms with E-state index in [1.807, 2.05) is 54.6 Å². The highest BCUT2D eigenvalue weighted by Gasteiger charge is 2.30. The normalized spacial score (nSPS) is 11.6. The molecule has 0 aliphatic heterocycles. The van der Waals surface area contributed by atoms with E-state index in [4.69, 9.17) is 11.6 Å². The molecule has 0 saturated heterocycles. The molecule has 6 heteroatoms. The molecule has 1 atom stereocenters. The maximum absolute atomic E-state index is 13.7. The third-order valence-electron chi connectivity index (χ3n) is 6.00. The molecular formula is C30H35ClN2O2S. The number of hydrogen-bond donors (Lipinski definition) is 1. The van der Waals surface area contributed by atoms with E-state index in [1.165, 1.54) is 5.56 Å². The van der Waals surface area contributed by atoms with Gasteiger partial charge in [0, 0.05) is 41.6 Å². The van der Waals surface area contributed by atoms with Crippen molar-refractivity contribution < 1.29 is 9.59 Å². The number of thioether (sulfide) groups is 1. The molecule has 190 valence electrons. The maximum atomic E-state index is 13.7. The minimum Gasteiger partial charge on any atom is -0.354 e. The lowest BCUT2D eigenvalue weighted by molar-refractivity contribution is -0.141. The van der Waals surface area contributed by atoms with Gasteiger partial charge in [-0.15, -0.1) is 11.8 Å². The average molecular weight is 523 g/mol. The van der Waals surface area contributed by atoms with Crippen molar-refractivity contribution >= 4 is 35.2 Å². The summed E-state index contributed by atoms with van der Waals surface area (Å²) in [6, 6.07) is 25.0. The highest BCUT2D eigenvalue weighted by atomic mass is 35.5. The van der Waals surface area contributed by atoms with Crippen LogP contribution >= 0.6 is 23.4 Å². The Balaban J connectivity index is 1.83. The van der Waals surface area contributed by atoms with Gasteiger partial charge in [-0.05, 0) is 42.7 Å². The predicted molar refractivity (Wildman–Crippen MR) is 150 cm³/mol. The smallest absolute Gasteiger partial charge is 0.243 e. The van der Waals surface area contributed by atoms with Crippen LogP contribution < -0.4 is 5.32 Å². The summed E-state index contributed by atoms with van der Waals surface area (Å²) in [7, 11) is 0. The zero-order valence-corrected chi connectivity index (χ0v) is 22.7. The number of unbranched alkanes of at least 4 members (excludes halogenated alkanes) is 1. The van der Waals surface area contributed by atoms with Crippen LogP contribution in [0.5, 0.6) is 0 Å². The Bertz CT molecular complexity index is 1110. The van der Waals surface area contributed by atoms with Crippen LogP contribution in [0.2, 0.25) is 5.02 Å². The van der Waals surface area contributed by atoms with E-state index in [9.17, 15) is 9.59 Å². The largest absolute Gasteiger partial charge is 0.354 e. The molecule has 0 aliphatic rings. The van der Waals surface area contributed by atoms with Gasteiger partial charge in [0.1, 0.15) is 6.04 Å². The molecule has 4 nitrogen and oxygen atoms in total. The number of rotatable bonds is 13. The molecule has 0 aliphatic carbocycles. The van der Waals surface area contributed by atoms with E-state index in [2.05, 4.69) is 43.4 Å². The number of benzene rings is 3. The molecule has 0 heterocycles. The number of carbonyl (C=O) groups is 2. The van der Waals surface area contributed by atoms with Crippen LogP contribution in [0.1, 0.15) is 42.9 Å². The van der Waals surface area contributed by atoms with Crippen LogP contribution in [0.4, 0.5) is 0 Å². The Morgan fingerprint density at radius 2 is 1.67 bits per heavy atom. The van der Waals surface area contributed by atoms with Gasteiger partial charge in [0.2, 0.25) is 11.8 Å². The summed E-state index contributed by atoms with van der Waals surface area (Å²) in [5, 5.41) is 3.65. The zero-order valence-electron chi connectivity index (χ0n) is 21.1. The molecule has 3 rings (SSSR count). The van der Waals surface area contributed by atoms with Gasteiger partial charge >= 0.3 is 0 Å². The molecule has 3 aromatic rings. The second-order valence-corrected chi connectivity index (χ2v) is 10.5. The molecule has 0 bridgehead atoms. The first-order chi connectivity index (χ1) is 17.5. The Kier molecular flexibility index (Phi) is 11.4. The minimum atomic E-state index is -0.627. The van der Waals surface area contributed by atoms with E-state index in [0.717, 1.165) is 28.9 Å². The van der Waals surface area contributed by atoms with Crippen molar-refractivity contribution in [3.05, 3.63) is 101 Å². The summed E-state index contributed by atoms with van der Waals surface area (Å²) >= 11 is 8.13. The monoisotopic (exact) mass is 522 g/mol. The molecule has 0 spiro atoms. The second kappa shape index (κ2) is 14.7. The lowest BCUT2D eigenvalue weighted by Crippen LogP contribution is -2.50. The van der Waals surface area contributed by atoms with E-state index in [0.29, 0.717) is 30.2 Å². The van der Waals surface area contributed by atoms with Crippen LogP contribution in [0, 0.1) is 6.92 Å². The Labute approximate surface area is 224 Å². The summed E-state index contributed by atoms with van der Waals surface area (Å²) in [6.07, 6.45) is 2.66. The fraction of sp³-hybridized carbons (Fsp3) is 0.333. The van der Waals surface area contributed by atoms with Gasteiger partial charge in [-0.2, -0.15) is 0 Å². The maximum Gasteiger partial charge on any atom is 0.243 e. The van der Waals surface area contributed by atoms with Crippen LogP contribution in [-0.4, -0.2) is 35.1 Å². The van der Waals surface area contributed by atoms with Crippen molar-refractivity contribution in [1.82, 2.24) is 10.2 Å². The highest BCUT2D eigenvalue weighted by molar-refractivity contribution is 7.99. The number of nitrogens with zero attached hydrogens (tertiary/aromatic N) is 1. The minimum absolute atomic E-state index is 0.0545. The molecule has 0 saturated carbocycles. The van der Waals surface area contributed by atoms with Crippen molar-refractivity contribution in [3.8, 4) is 0 Å². The molecule has 0 fully saturated rings. The van der Waals surface area contributed by atoms with Gasteiger partial charge in [-0.3, -0.25) is 9.59 Å². The molecule has 1 N–H and O–H groups in total. The van der Waals surface area contributed by atoms with Gasteiger partial charge in [0.25, 0.3) is 0 Å². The van der Waals surface area contributed by atoms with E-state index in [-0.39, 0.29) is 18.4 Å². The number of aryl methyl sites for hydroxylation is 1. The molecule has 36 heavy (non-hydrogen) atoms. The summed E-state index contributed by atoms with van der Waals surface area (Å²) < 4.78 is 0. The van der Waals surface area contributed by atoms with E-state index >= 15 is 0 Å². The number of amides is 2. The fourth-order valence-corrected chi connectivity index (χ4v) is 4.94. The van der Waals surface area contributed by atoms with Crippen molar-refractivity contribution in [2.75, 3.05) is 12.3 Å². The van der Waals surface area contributed by atoms with Crippen LogP contribution in [-0.2, 0) is 22.6 Å². The standard InChI is InChI=1S/C30H35ClN2O2S/c1-3-4-19-32-30(35)28(21-24-10-6-5-7-11-24)33(22-25-12-8-9-13-27(25)31)29(34)18-20-36-26-16-14-23(2)15-17-26/h5-17,28H,3-4,18-22H2,1-2H3,(H,32,35). The van der Waals surface area contributed by atoms with Crippen molar-refractivity contribution in [1.29, 1.82) is 0 Å². The van der Waals surface area contributed by atoms with E-state index in [1.54, 1.807) is 16.7 Å². The van der Waals surface area contributed by atoms with Gasteiger partial charge in [-0.25, -0.2) is 0 Å². The number of hydrogen-bond acceptors (Lipinski definition) is 3. The van der Waals surface area contributed by atoms with Crippen LogP contribution in [0.25, 0.3) is 0 Å². The molecule has 0 radical (unpaired) electrons. The van der Waals surface area contributed by atoms with Gasteiger partial charge in [-0.1, -0.05) is 91.2 Å². The molecule has 2 amide bonds. The Hall–Kier alpha value is -2.76. The lowest BCUT2D eigenvalue weighted by Gasteiger charge is -2.32. The first-order valence-electron chi connectivity index (χ1n) is 12.5. The molecule has 3 aromatic carbocycles. The summed E-state index contributed by atoms with van der Waals surface area (Å²) in [4.78, 5) is 29.9. The van der Waals surface area contributed by atoms with Gasteiger partial charge in [0.15, 0.2) is 0 Å². The van der Waals surface area contributed by atoms with Crippen LogP contribution in [0.3, 0.4) is 0 Å². The SMILES string of the molecule is CCCCNC(=O)C(Cc1ccccc1)N(Cc1ccccc1Cl)C(=O)CCSc1ccc(C)cc1. The number of halogens is 1. The quantitative estimate of drug-likeness (QED) is 0.201. The van der Waals surface area contributed by atoms with E-state index < -0.39 is 6.04 Å². The first kappa shape index (κ1) is 27.8. The third kappa shape index (κ3) is 8.72. The highest BCUT2D eigenvalue weighted by Crippen LogP contribution is 2.23. The number of carbonyl (C=O) groups excluding carboxylic acids is 2. The Morgan fingerprint density at radius 1 is 0.972 bits per heavy atom. The molecular weight excluding hydrogens is 488 g/mol. The summed E-state index contributed by atoms with van der Waals surface area (Å²) in [5.41, 5.74) is 3.05. The Morgan fingerprint density at radius 3 is 2.36 bits per heavy atom. The van der Waals surface area contributed by atoms with Crippen molar-refractivity contribution in [2.24, 2.45) is 0 Å². The predicted octanol–water partition coefficient (Wildman–Crippen LogP) is 6.69. The fourth-order valence-electron chi connectivity index (χ4n) is 3.90. The lowest BCUT2D eigenvalue weighted by atomic mass is 10.0. The van der Waals surface area contributed by atoms with Gasteiger partial charge in [0.05, 0.1) is 0 Å². The van der Waals surface area contributed by atoms with Crippen molar-refractivity contribution in [3.63, 3.8) is 0 Å². The first-order valence-corrected chi connectivity index (χ1v) is 13.9. The van der Waals surface area contributed by atoms with Gasteiger partial charge < -0.3 is 10.2 Å². The number of nitrogens with one attached hydrogen (secondary N) is 1. The second-order valence-electron chi connectivity index (χ2n) is 8.87. The van der Waals surface area contributed by atoms with Crippen LogP contribution in [0.15, 0.2) is 83.8 Å². The summed E-state index contributed by atoms with van der Waals surface area (Å²) in [5.74, 6) is 0.455. The molecule has 0 aromatic heterocycles.